The summed E-state index contributed by atoms with van der Waals surface area (Å²) >= 11 is 0. The van der Waals surface area contributed by atoms with E-state index in [1.165, 1.54) is 0 Å². The van der Waals surface area contributed by atoms with Gasteiger partial charge in [-0.25, -0.2) is 4.79 Å². The highest BCUT2D eigenvalue weighted by Gasteiger charge is 2.33. The van der Waals surface area contributed by atoms with Crippen LogP contribution in [0.25, 0.3) is 0 Å². The summed E-state index contributed by atoms with van der Waals surface area (Å²) in [6, 6.07) is -0.132. The van der Waals surface area contributed by atoms with E-state index in [0.29, 0.717) is 17.8 Å². The van der Waals surface area contributed by atoms with Gasteiger partial charge in [0.25, 0.3) is 5.56 Å². The van der Waals surface area contributed by atoms with Crippen LogP contribution in [0.4, 0.5) is 0 Å². The number of carbonyl (C=O) groups excluding carboxylic acids is 1. The summed E-state index contributed by atoms with van der Waals surface area (Å²) < 4.78 is 0. The van der Waals surface area contributed by atoms with E-state index in [-0.39, 0.29) is 37.3 Å². The number of aromatic amines is 2. The molecule has 0 aromatic carbocycles. The lowest BCUT2D eigenvalue weighted by Crippen LogP contribution is -2.40. The molecule has 2 heterocycles. The molecule has 0 bridgehead atoms. The number of hydrogen-bond acceptors (Lipinski definition) is 4. The van der Waals surface area contributed by atoms with Gasteiger partial charge in [0, 0.05) is 24.2 Å². The third kappa shape index (κ3) is 3.24. The van der Waals surface area contributed by atoms with E-state index in [0.717, 1.165) is 6.42 Å². The number of aliphatic hydroxyl groups excluding tert-OH is 1. The summed E-state index contributed by atoms with van der Waals surface area (Å²) in [5, 5.41) is 9.37. The Labute approximate surface area is 122 Å². The van der Waals surface area contributed by atoms with Gasteiger partial charge >= 0.3 is 5.69 Å². The molecular weight excluding hydrogens is 274 g/mol. The smallest absolute Gasteiger partial charge is 0.325 e. The van der Waals surface area contributed by atoms with Crippen molar-refractivity contribution in [1.29, 1.82) is 0 Å². The number of aryl methyl sites for hydroxylation is 1. The summed E-state index contributed by atoms with van der Waals surface area (Å²) in [6.45, 7) is 4.27. The van der Waals surface area contributed by atoms with Crippen molar-refractivity contribution in [3.05, 3.63) is 32.1 Å². The van der Waals surface area contributed by atoms with Crippen molar-refractivity contribution in [3.8, 4) is 0 Å². The van der Waals surface area contributed by atoms with Gasteiger partial charge in [-0.1, -0.05) is 6.92 Å². The number of hydrogen-bond donors (Lipinski definition) is 3. The molecule has 0 spiro atoms. The Morgan fingerprint density at radius 2 is 2.10 bits per heavy atom. The topological polar surface area (TPSA) is 106 Å². The van der Waals surface area contributed by atoms with Crippen LogP contribution in [0.2, 0.25) is 0 Å². The Morgan fingerprint density at radius 3 is 2.71 bits per heavy atom. The zero-order valence-corrected chi connectivity index (χ0v) is 12.3. The van der Waals surface area contributed by atoms with Gasteiger partial charge in [0.2, 0.25) is 5.91 Å². The lowest BCUT2D eigenvalue weighted by molar-refractivity contribution is -0.133. The Balaban J connectivity index is 2.05. The van der Waals surface area contributed by atoms with E-state index >= 15 is 0 Å². The van der Waals surface area contributed by atoms with Crippen LogP contribution in [0.5, 0.6) is 0 Å². The first kappa shape index (κ1) is 15.5. The molecule has 7 heteroatoms. The van der Waals surface area contributed by atoms with E-state index in [2.05, 4.69) is 9.97 Å². The van der Waals surface area contributed by atoms with Crippen molar-refractivity contribution in [1.82, 2.24) is 14.9 Å². The molecule has 1 aromatic heterocycles. The molecular formula is C14H21N3O4. The largest absolute Gasteiger partial charge is 0.394 e. The van der Waals surface area contributed by atoms with Crippen LogP contribution >= 0.6 is 0 Å². The Hall–Kier alpha value is -1.89. The summed E-state index contributed by atoms with van der Waals surface area (Å²) in [5.74, 6) is 0.223. The first-order valence-electron chi connectivity index (χ1n) is 7.16. The molecule has 1 saturated heterocycles. The van der Waals surface area contributed by atoms with Gasteiger partial charge < -0.3 is 15.0 Å². The number of aliphatic hydroxyl groups is 1. The van der Waals surface area contributed by atoms with Crippen LogP contribution < -0.4 is 11.2 Å². The second-order valence-electron chi connectivity index (χ2n) is 5.61. The van der Waals surface area contributed by atoms with Crippen molar-refractivity contribution < 1.29 is 9.90 Å². The average Bonchev–Trinajstić information content (AvgIpc) is 2.78. The second-order valence-corrected chi connectivity index (χ2v) is 5.61. The van der Waals surface area contributed by atoms with Gasteiger partial charge in [0.15, 0.2) is 0 Å². The molecule has 0 aliphatic carbocycles. The van der Waals surface area contributed by atoms with E-state index in [1.54, 1.807) is 11.8 Å². The number of nitrogens with one attached hydrogen (secondary N) is 2. The van der Waals surface area contributed by atoms with Crippen LogP contribution in [0, 0.1) is 12.8 Å². The molecule has 116 valence electrons. The Kier molecular flexibility index (Phi) is 4.62. The highest BCUT2D eigenvalue weighted by Crippen LogP contribution is 2.24. The lowest BCUT2D eigenvalue weighted by Gasteiger charge is -2.25. The van der Waals surface area contributed by atoms with E-state index in [4.69, 9.17) is 0 Å². The fraction of sp³-hybridized carbons (Fsp3) is 0.643. The molecule has 2 atom stereocenters. The first-order chi connectivity index (χ1) is 9.93. The quantitative estimate of drug-likeness (QED) is 0.698. The molecule has 2 unspecified atom stereocenters. The fourth-order valence-corrected chi connectivity index (χ4v) is 2.90. The van der Waals surface area contributed by atoms with Crippen molar-refractivity contribution in [2.24, 2.45) is 5.92 Å². The van der Waals surface area contributed by atoms with Crippen LogP contribution in [-0.4, -0.2) is 45.1 Å². The number of H-pyrrole nitrogens is 2. The minimum Gasteiger partial charge on any atom is -0.394 e. The SMILES string of the molecule is Cc1[nH]c(=O)[nH]c(=O)c1CCC(=O)N1CCC(C)C1CO. The number of likely N-dealkylation sites (tertiary alicyclic amines) is 1. The summed E-state index contributed by atoms with van der Waals surface area (Å²) in [4.78, 5) is 41.5. The summed E-state index contributed by atoms with van der Waals surface area (Å²) in [5.41, 5.74) is -0.0698. The molecule has 2 rings (SSSR count). The number of rotatable bonds is 4. The maximum Gasteiger partial charge on any atom is 0.325 e. The predicted molar refractivity (Wildman–Crippen MR) is 77.1 cm³/mol. The molecule has 1 aliphatic heterocycles. The molecule has 21 heavy (non-hydrogen) atoms. The van der Waals surface area contributed by atoms with E-state index in [9.17, 15) is 19.5 Å². The molecule has 0 saturated carbocycles. The minimum absolute atomic E-state index is 0.0365. The van der Waals surface area contributed by atoms with E-state index < -0.39 is 11.2 Å². The lowest BCUT2D eigenvalue weighted by atomic mass is 10.0. The van der Waals surface area contributed by atoms with Crippen LogP contribution in [0.1, 0.15) is 31.0 Å². The predicted octanol–water partition coefficient (Wildman–Crippen LogP) is -0.466. The molecule has 1 aromatic rings. The van der Waals surface area contributed by atoms with Gasteiger partial charge in [-0.2, -0.15) is 0 Å². The first-order valence-corrected chi connectivity index (χ1v) is 7.16. The molecule has 0 radical (unpaired) electrons. The van der Waals surface area contributed by atoms with E-state index in [1.807, 2.05) is 6.92 Å². The number of nitrogens with zero attached hydrogens (tertiary/aromatic N) is 1. The molecule has 1 amide bonds. The monoisotopic (exact) mass is 295 g/mol. The van der Waals surface area contributed by atoms with Gasteiger partial charge in [0.1, 0.15) is 0 Å². The van der Waals surface area contributed by atoms with Gasteiger partial charge in [-0.05, 0) is 25.7 Å². The zero-order chi connectivity index (χ0) is 15.6. The van der Waals surface area contributed by atoms with Gasteiger partial charge in [-0.3, -0.25) is 14.6 Å². The third-order valence-corrected chi connectivity index (χ3v) is 4.23. The number of amides is 1. The van der Waals surface area contributed by atoms with Gasteiger partial charge in [-0.15, -0.1) is 0 Å². The van der Waals surface area contributed by atoms with Crippen molar-refractivity contribution in [3.63, 3.8) is 0 Å². The maximum atomic E-state index is 12.3. The second kappa shape index (κ2) is 6.26. The highest BCUT2D eigenvalue weighted by atomic mass is 16.3. The van der Waals surface area contributed by atoms with Crippen molar-refractivity contribution in [2.75, 3.05) is 13.2 Å². The van der Waals surface area contributed by atoms with Crippen LogP contribution in [0.3, 0.4) is 0 Å². The minimum atomic E-state index is -0.540. The third-order valence-electron chi connectivity index (χ3n) is 4.23. The van der Waals surface area contributed by atoms with Gasteiger partial charge in [0.05, 0.1) is 12.6 Å². The zero-order valence-electron chi connectivity index (χ0n) is 12.3. The van der Waals surface area contributed by atoms with Crippen molar-refractivity contribution in [2.45, 2.75) is 39.2 Å². The molecule has 1 fully saturated rings. The summed E-state index contributed by atoms with van der Waals surface area (Å²) in [7, 11) is 0. The molecule has 1 aliphatic rings. The number of aromatic nitrogens is 2. The average molecular weight is 295 g/mol. The summed E-state index contributed by atoms with van der Waals surface area (Å²) in [6.07, 6.45) is 1.36. The maximum absolute atomic E-state index is 12.3. The van der Waals surface area contributed by atoms with Crippen LogP contribution in [-0.2, 0) is 11.2 Å². The van der Waals surface area contributed by atoms with Crippen LogP contribution in [0.15, 0.2) is 9.59 Å². The standard InChI is InChI=1S/C14H21N3O4/c1-8-5-6-17(11(8)7-18)12(19)4-3-10-9(2)15-14(21)16-13(10)20/h8,11,18H,3-7H2,1-2H3,(H2,15,16,20,21). The van der Waals surface area contributed by atoms with Crippen molar-refractivity contribution >= 4 is 5.91 Å². The number of carbonyl (C=O) groups is 1. The Bertz CT molecular complexity index is 634. The normalized spacial score (nSPS) is 21.8. The fourth-order valence-electron chi connectivity index (χ4n) is 2.90. The Morgan fingerprint density at radius 1 is 1.38 bits per heavy atom. The molecule has 3 N–H and O–H groups in total. The molecule has 7 nitrogen and oxygen atoms in total. The highest BCUT2D eigenvalue weighted by molar-refractivity contribution is 5.77.